The molecular formula is C9H9ClN2O. The van der Waals surface area contributed by atoms with Crippen LogP contribution in [-0.4, -0.2) is 4.98 Å². The van der Waals surface area contributed by atoms with E-state index in [-0.39, 0.29) is 0 Å². The molecule has 0 aliphatic rings. The van der Waals surface area contributed by atoms with Crippen LogP contribution < -0.4 is 5.73 Å². The molecule has 0 fully saturated rings. The summed E-state index contributed by atoms with van der Waals surface area (Å²) < 4.78 is 5.41. The number of benzene rings is 1. The molecule has 2 N–H and O–H groups in total. The SMILES string of the molecule is Cc1cc(Cl)cc2nc(CN)oc12. The number of rotatable bonds is 1. The molecule has 1 aromatic carbocycles. The number of hydrogen-bond acceptors (Lipinski definition) is 3. The standard InChI is InChI=1S/C9H9ClN2O/c1-5-2-6(10)3-7-9(5)13-8(4-11)12-7/h2-3H,4,11H2,1H3. The molecule has 68 valence electrons. The van der Waals surface area contributed by atoms with Crippen LogP contribution in [0.2, 0.25) is 5.02 Å². The van der Waals surface area contributed by atoms with Crippen LogP contribution in [0.25, 0.3) is 11.1 Å². The molecule has 4 heteroatoms. The van der Waals surface area contributed by atoms with Crippen LogP contribution in [0.15, 0.2) is 16.5 Å². The highest BCUT2D eigenvalue weighted by Crippen LogP contribution is 2.23. The van der Waals surface area contributed by atoms with E-state index in [0.717, 1.165) is 16.7 Å². The first-order chi connectivity index (χ1) is 6.20. The third-order valence-electron chi connectivity index (χ3n) is 1.86. The van der Waals surface area contributed by atoms with Gasteiger partial charge in [0.05, 0.1) is 6.54 Å². The van der Waals surface area contributed by atoms with Crippen molar-refractivity contribution >= 4 is 22.7 Å². The van der Waals surface area contributed by atoms with Crippen molar-refractivity contribution in [3.05, 3.63) is 28.6 Å². The Morgan fingerprint density at radius 3 is 3.00 bits per heavy atom. The maximum atomic E-state index is 5.86. The summed E-state index contributed by atoms with van der Waals surface area (Å²) in [6, 6.07) is 3.61. The zero-order valence-corrected chi connectivity index (χ0v) is 7.93. The molecule has 2 rings (SSSR count). The van der Waals surface area contributed by atoms with Crippen molar-refractivity contribution in [3.8, 4) is 0 Å². The van der Waals surface area contributed by atoms with Crippen LogP contribution in [0.4, 0.5) is 0 Å². The fourth-order valence-electron chi connectivity index (χ4n) is 1.29. The van der Waals surface area contributed by atoms with Crippen molar-refractivity contribution in [2.24, 2.45) is 5.73 Å². The minimum atomic E-state index is 0.311. The van der Waals surface area contributed by atoms with Crippen LogP contribution in [0.5, 0.6) is 0 Å². The average Bonchev–Trinajstić information content (AvgIpc) is 2.47. The van der Waals surface area contributed by atoms with Gasteiger partial charge in [-0.15, -0.1) is 0 Å². The smallest absolute Gasteiger partial charge is 0.209 e. The Morgan fingerprint density at radius 2 is 2.31 bits per heavy atom. The highest BCUT2D eigenvalue weighted by Gasteiger charge is 2.07. The maximum Gasteiger partial charge on any atom is 0.209 e. The average molecular weight is 197 g/mol. The number of oxazole rings is 1. The molecule has 0 saturated carbocycles. The van der Waals surface area contributed by atoms with E-state index in [4.69, 9.17) is 21.8 Å². The Bertz CT molecular complexity index is 450. The minimum Gasteiger partial charge on any atom is -0.439 e. The Morgan fingerprint density at radius 1 is 1.54 bits per heavy atom. The topological polar surface area (TPSA) is 52.0 Å². The lowest BCUT2D eigenvalue weighted by molar-refractivity contribution is 0.531. The third-order valence-corrected chi connectivity index (χ3v) is 2.08. The molecule has 1 heterocycles. The molecule has 13 heavy (non-hydrogen) atoms. The number of fused-ring (bicyclic) bond motifs is 1. The second-order valence-corrected chi connectivity index (χ2v) is 3.32. The fraction of sp³-hybridized carbons (Fsp3) is 0.222. The molecule has 2 aromatic rings. The number of nitrogens with two attached hydrogens (primary N) is 1. The molecule has 0 bridgehead atoms. The Labute approximate surface area is 80.5 Å². The summed E-state index contributed by atoms with van der Waals surface area (Å²) in [5.41, 5.74) is 7.93. The lowest BCUT2D eigenvalue weighted by Gasteiger charge is -1.93. The lowest BCUT2D eigenvalue weighted by Crippen LogP contribution is -1.94. The summed E-state index contributed by atoms with van der Waals surface area (Å²) in [6.07, 6.45) is 0. The van der Waals surface area contributed by atoms with Gasteiger partial charge in [-0.25, -0.2) is 4.98 Å². The van der Waals surface area contributed by atoms with Gasteiger partial charge in [-0.2, -0.15) is 0 Å². The van der Waals surface area contributed by atoms with Crippen molar-refractivity contribution < 1.29 is 4.42 Å². The Hall–Kier alpha value is -1.06. The van der Waals surface area contributed by atoms with Gasteiger partial charge in [0, 0.05) is 5.02 Å². The third kappa shape index (κ3) is 1.41. The fourth-order valence-corrected chi connectivity index (χ4v) is 1.56. The molecular weight excluding hydrogens is 188 g/mol. The molecule has 0 aliphatic heterocycles. The highest BCUT2D eigenvalue weighted by atomic mass is 35.5. The van der Waals surface area contributed by atoms with Gasteiger partial charge in [-0.3, -0.25) is 0 Å². The van der Waals surface area contributed by atoms with Crippen LogP contribution >= 0.6 is 11.6 Å². The van der Waals surface area contributed by atoms with Crippen LogP contribution in [0, 0.1) is 6.92 Å². The first kappa shape index (κ1) is 8.53. The van der Waals surface area contributed by atoms with Crippen LogP contribution in [-0.2, 0) is 6.54 Å². The van der Waals surface area contributed by atoms with E-state index in [0.29, 0.717) is 17.5 Å². The summed E-state index contributed by atoms with van der Waals surface area (Å²) in [4.78, 5) is 4.18. The molecule has 0 spiro atoms. The van der Waals surface area contributed by atoms with Gasteiger partial charge in [0.1, 0.15) is 5.52 Å². The number of hydrogen-bond donors (Lipinski definition) is 1. The molecule has 1 aromatic heterocycles. The van der Waals surface area contributed by atoms with Gasteiger partial charge in [0.15, 0.2) is 5.58 Å². The largest absolute Gasteiger partial charge is 0.439 e. The highest BCUT2D eigenvalue weighted by molar-refractivity contribution is 6.31. The normalized spacial score (nSPS) is 11.0. The quantitative estimate of drug-likeness (QED) is 0.761. The van der Waals surface area contributed by atoms with Gasteiger partial charge in [-0.05, 0) is 24.6 Å². The van der Waals surface area contributed by atoms with Crippen molar-refractivity contribution in [1.82, 2.24) is 4.98 Å². The number of aryl methyl sites for hydroxylation is 1. The van der Waals surface area contributed by atoms with Gasteiger partial charge in [0.25, 0.3) is 0 Å². The molecule has 3 nitrogen and oxygen atoms in total. The van der Waals surface area contributed by atoms with Crippen molar-refractivity contribution in [1.29, 1.82) is 0 Å². The second kappa shape index (κ2) is 3.01. The van der Waals surface area contributed by atoms with E-state index in [9.17, 15) is 0 Å². The van der Waals surface area contributed by atoms with E-state index in [2.05, 4.69) is 4.98 Å². The van der Waals surface area contributed by atoms with Crippen molar-refractivity contribution in [2.75, 3.05) is 0 Å². The monoisotopic (exact) mass is 196 g/mol. The van der Waals surface area contributed by atoms with E-state index < -0.39 is 0 Å². The van der Waals surface area contributed by atoms with Crippen LogP contribution in [0.3, 0.4) is 0 Å². The summed E-state index contributed by atoms with van der Waals surface area (Å²) in [5, 5.41) is 0.668. The molecule has 0 atom stereocenters. The second-order valence-electron chi connectivity index (χ2n) is 2.88. The van der Waals surface area contributed by atoms with E-state index in [1.54, 1.807) is 6.07 Å². The van der Waals surface area contributed by atoms with E-state index in [1.807, 2.05) is 13.0 Å². The first-order valence-electron chi connectivity index (χ1n) is 3.96. The van der Waals surface area contributed by atoms with Crippen LogP contribution in [0.1, 0.15) is 11.5 Å². The summed E-state index contributed by atoms with van der Waals surface area (Å²) in [7, 11) is 0. The summed E-state index contributed by atoms with van der Waals surface area (Å²) in [5.74, 6) is 0.542. The predicted molar refractivity (Wildman–Crippen MR) is 51.6 cm³/mol. The van der Waals surface area contributed by atoms with Crippen molar-refractivity contribution in [2.45, 2.75) is 13.5 Å². The van der Waals surface area contributed by atoms with Gasteiger partial charge >= 0.3 is 0 Å². The maximum absolute atomic E-state index is 5.86. The molecule has 0 amide bonds. The molecule has 0 saturated heterocycles. The Kier molecular flexibility index (Phi) is 1.98. The van der Waals surface area contributed by atoms with E-state index in [1.165, 1.54) is 0 Å². The molecule has 0 unspecified atom stereocenters. The minimum absolute atomic E-state index is 0.311. The number of nitrogens with zero attached hydrogens (tertiary/aromatic N) is 1. The number of halogens is 1. The van der Waals surface area contributed by atoms with Crippen molar-refractivity contribution in [3.63, 3.8) is 0 Å². The lowest BCUT2D eigenvalue weighted by atomic mass is 10.2. The van der Waals surface area contributed by atoms with Gasteiger partial charge in [0.2, 0.25) is 5.89 Å². The van der Waals surface area contributed by atoms with Gasteiger partial charge in [-0.1, -0.05) is 11.6 Å². The van der Waals surface area contributed by atoms with E-state index >= 15 is 0 Å². The first-order valence-corrected chi connectivity index (χ1v) is 4.34. The Balaban J connectivity index is 2.75. The predicted octanol–water partition coefficient (Wildman–Crippen LogP) is 2.25. The number of aromatic nitrogens is 1. The van der Waals surface area contributed by atoms with Gasteiger partial charge < -0.3 is 10.2 Å². The summed E-state index contributed by atoms with van der Waals surface area (Å²) in [6.45, 7) is 2.24. The molecule has 0 aliphatic carbocycles. The zero-order valence-electron chi connectivity index (χ0n) is 7.17. The summed E-state index contributed by atoms with van der Waals surface area (Å²) >= 11 is 5.86. The zero-order chi connectivity index (χ0) is 9.42. The molecule has 0 radical (unpaired) electrons.